The summed E-state index contributed by atoms with van der Waals surface area (Å²) in [6.45, 7) is 5.70. The third-order valence-corrected chi connectivity index (χ3v) is 3.90. The zero-order valence-electron chi connectivity index (χ0n) is 16.4. The lowest BCUT2D eigenvalue weighted by Gasteiger charge is -2.12. The minimum Gasteiger partial charge on any atom is -0.475 e. The average Bonchev–Trinajstić information content (AvgIpc) is 2.62. The van der Waals surface area contributed by atoms with Gasteiger partial charge in [0.2, 0.25) is 5.88 Å². The van der Waals surface area contributed by atoms with E-state index in [2.05, 4.69) is 25.9 Å². The molecule has 0 atom stereocenters. The van der Waals surface area contributed by atoms with Gasteiger partial charge in [-0.25, -0.2) is 9.78 Å². The van der Waals surface area contributed by atoms with Crippen molar-refractivity contribution in [2.45, 2.75) is 26.9 Å². The number of rotatable bonds is 6. The molecule has 150 valence electrons. The van der Waals surface area contributed by atoms with Gasteiger partial charge in [0, 0.05) is 28.2 Å². The number of anilines is 4. The van der Waals surface area contributed by atoms with E-state index in [0.29, 0.717) is 33.9 Å². The van der Waals surface area contributed by atoms with Crippen LogP contribution >= 0.6 is 11.6 Å². The number of hydrogen-bond donors (Lipinski definition) is 3. The first-order chi connectivity index (χ1) is 13.9. The number of halogens is 1. The summed E-state index contributed by atoms with van der Waals surface area (Å²) >= 11 is 5.92. The molecule has 7 nitrogen and oxygen atoms in total. The second-order valence-electron chi connectivity index (χ2n) is 6.60. The molecule has 0 aliphatic heterocycles. The summed E-state index contributed by atoms with van der Waals surface area (Å²) < 4.78 is 5.64. The molecule has 0 bridgehead atoms. The highest BCUT2D eigenvalue weighted by Crippen LogP contribution is 2.21. The summed E-state index contributed by atoms with van der Waals surface area (Å²) in [4.78, 5) is 20.8. The predicted octanol–water partition coefficient (Wildman–Crippen LogP) is 5.61. The van der Waals surface area contributed by atoms with Crippen molar-refractivity contribution in [2.75, 3.05) is 16.0 Å². The Morgan fingerprint density at radius 1 is 0.966 bits per heavy atom. The second-order valence-corrected chi connectivity index (χ2v) is 7.03. The summed E-state index contributed by atoms with van der Waals surface area (Å²) in [5.41, 5.74) is 2.09. The molecule has 0 aliphatic rings. The van der Waals surface area contributed by atoms with E-state index in [1.165, 1.54) is 0 Å². The van der Waals surface area contributed by atoms with Gasteiger partial charge in [0.15, 0.2) is 0 Å². The Morgan fingerprint density at radius 2 is 1.66 bits per heavy atom. The first-order valence-electron chi connectivity index (χ1n) is 9.10. The summed E-state index contributed by atoms with van der Waals surface area (Å²) in [5.74, 6) is 1.76. The van der Waals surface area contributed by atoms with Crippen LogP contribution in [0.15, 0.2) is 54.6 Å². The van der Waals surface area contributed by atoms with E-state index < -0.39 is 0 Å². The summed E-state index contributed by atoms with van der Waals surface area (Å²) in [5, 5.41) is 9.27. The molecule has 2 aromatic carbocycles. The number of aryl methyl sites for hydroxylation is 1. The summed E-state index contributed by atoms with van der Waals surface area (Å²) in [6, 6.07) is 15.6. The van der Waals surface area contributed by atoms with E-state index in [0.717, 1.165) is 5.69 Å². The third-order valence-electron chi connectivity index (χ3n) is 3.67. The van der Waals surface area contributed by atoms with E-state index in [1.54, 1.807) is 42.5 Å². The number of nitrogens with one attached hydrogen (secondary N) is 3. The molecule has 0 spiro atoms. The van der Waals surface area contributed by atoms with Crippen molar-refractivity contribution in [2.24, 2.45) is 0 Å². The maximum atomic E-state index is 12.1. The van der Waals surface area contributed by atoms with Gasteiger partial charge in [-0.3, -0.25) is 0 Å². The van der Waals surface area contributed by atoms with Gasteiger partial charge in [0.1, 0.15) is 11.6 Å². The fourth-order valence-corrected chi connectivity index (χ4v) is 2.74. The second kappa shape index (κ2) is 9.25. The fourth-order valence-electron chi connectivity index (χ4n) is 2.55. The van der Waals surface area contributed by atoms with Crippen molar-refractivity contribution < 1.29 is 9.53 Å². The van der Waals surface area contributed by atoms with Crippen molar-refractivity contribution in [1.82, 2.24) is 9.97 Å². The van der Waals surface area contributed by atoms with Crippen molar-refractivity contribution >= 4 is 40.5 Å². The lowest BCUT2D eigenvalue weighted by molar-refractivity contribution is 0.232. The van der Waals surface area contributed by atoms with Crippen LogP contribution in [0, 0.1) is 6.92 Å². The maximum Gasteiger partial charge on any atom is 0.323 e. The number of carbonyl (C=O) groups excluding carboxylic acids is 1. The molecule has 3 rings (SSSR count). The molecule has 1 aromatic heterocycles. The number of carbonyl (C=O) groups is 1. The largest absolute Gasteiger partial charge is 0.475 e. The zero-order valence-corrected chi connectivity index (χ0v) is 17.1. The molecule has 2 amide bonds. The van der Waals surface area contributed by atoms with Gasteiger partial charge >= 0.3 is 6.03 Å². The molecule has 0 aliphatic carbocycles. The normalized spacial score (nSPS) is 10.5. The topological polar surface area (TPSA) is 88.2 Å². The molecule has 0 radical (unpaired) electrons. The Bertz CT molecular complexity index is 993. The lowest BCUT2D eigenvalue weighted by Crippen LogP contribution is -2.19. The van der Waals surface area contributed by atoms with E-state index in [9.17, 15) is 4.79 Å². The predicted molar refractivity (Wildman–Crippen MR) is 116 cm³/mol. The first-order valence-corrected chi connectivity index (χ1v) is 9.48. The SMILES string of the molecule is Cc1nc(Nc2ccc(NC(=O)Nc3cccc(Cl)c3)cc2)cc(OC(C)C)n1. The molecular weight excluding hydrogens is 390 g/mol. The maximum absolute atomic E-state index is 12.1. The number of nitrogens with zero attached hydrogens (tertiary/aromatic N) is 2. The van der Waals surface area contributed by atoms with Crippen molar-refractivity contribution in [3.8, 4) is 5.88 Å². The van der Waals surface area contributed by atoms with Crippen LogP contribution in [-0.2, 0) is 0 Å². The van der Waals surface area contributed by atoms with E-state index in [-0.39, 0.29) is 12.1 Å². The van der Waals surface area contributed by atoms with Crippen LogP contribution in [0.25, 0.3) is 0 Å². The van der Waals surface area contributed by atoms with Gasteiger partial charge in [0.05, 0.1) is 6.10 Å². The average molecular weight is 412 g/mol. The molecule has 3 N–H and O–H groups in total. The van der Waals surface area contributed by atoms with Gasteiger partial charge in [-0.2, -0.15) is 4.98 Å². The zero-order chi connectivity index (χ0) is 20.8. The highest BCUT2D eigenvalue weighted by Gasteiger charge is 2.07. The van der Waals surface area contributed by atoms with Gasteiger partial charge in [-0.1, -0.05) is 17.7 Å². The highest BCUT2D eigenvalue weighted by molar-refractivity contribution is 6.30. The van der Waals surface area contributed by atoms with Gasteiger partial charge < -0.3 is 20.7 Å². The summed E-state index contributed by atoms with van der Waals surface area (Å²) in [7, 11) is 0. The van der Waals surface area contributed by atoms with E-state index >= 15 is 0 Å². The van der Waals surface area contributed by atoms with E-state index in [1.807, 2.05) is 32.9 Å². The molecule has 8 heteroatoms. The highest BCUT2D eigenvalue weighted by atomic mass is 35.5. The van der Waals surface area contributed by atoms with Crippen LogP contribution in [-0.4, -0.2) is 22.1 Å². The molecular formula is C21H22ClN5O2. The summed E-state index contributed by atoms with van der Waals surface area (Å²) in [6.07, 6.45) is 0.0283. The number of benzene rings is 2. The number of aromatic nitrogens is 2. The van der Waals surface area contributed by atoms with Crippen LogP contribution in [0.1, 0.15) is 19.7 Å². The third kappa shape index (κ3) is 6.36. The van der Waals surface area contributed by atoms with Crippen molar-refractivity contribution in [3.05, 3.63) is 65.4 Å². The molecule has 3 aromatic rings. The molecule has 0 fully saturated rings. The molecule has 0 unspecified atom stereocenters. The lowest BCUT2D eigenvalue weighted by atomic mass is 10.2. The molecule has 0 saturated heterocycles. The standard InChI is InChI=1S/C21H22ClN5O2/c1-13(2)29-20-12-19(23-14(3)24-20)25-16-7-9-17(10-8-16)26-21(28)27-18-6-4-5-15(22)11-18/h4-13H,1-3H3,(H,23,24,25)(H2,26,27,28). The Morgan fingerprint density at radius 3 is 2.34 bits per heavy atom. The first kappa shape index (κ1) is 20.4. The van der Waals surface area contributed by atoms with Crippen LogP contribution in [0.5, 0.6) is 5.88 Å². The monoisotopic (exact) mass is 411 g/mol. The number of hydrogen-bond acceptors (Lipinski definition) is 5. The number of urea groups is 1. The smallest absolute Gasteiger partial charge is 0.323 e. The van der Waals surface area contributed by atoms with Crippen LogP contribution in [0.2, 0.25) is 5.02 Å². The van der Waals surface area contributed by atoms with Crippen LogP contribution < -0.4 is 20.7 Å². The Hall–Kier alpha value is -3.32. The van der Waals surface area contributed by atoms with Crippen LogP contribution in [0.3, 0.4) is 0 Å². The molecule has 29 heavy (non-hydrogen) atoms. The number of amides is 2. The fraction of sp³-hybridized carbons (Fsp3) is 0.190. The molecule has 0 saturated carbocycles. The van der Waals surface area contributed by atoms with Gasteiger partial charge in [-0.05, 0) is 63.2 Å². The van der Waals surface area contributed by atoms with E-state index in [4.69, 9.17) is 16.3 Å². The Labute approximate surface area is 174 Å². The van der Waals surface area contributed by atoms with Crippen molar-refractivity contribution in [3.63, 3.8) is 0 Å². The minimum absolute atomic E-state index is 0.0283. The van der Waals surface area contributed by atoms with Crippen molar-refractivity contribution in [1.29, 1.82) is 0 Å². The minimum atomic E-state index is -0.352. The van der Waals surface area contributed by atoms with Gasteiger partial charge in [-0.15, -0.1) is 0 Å². The van der Waals surface area contributed by atoms with Gasteiger partial charge in [0.25, 0.3) is 0 Å². The quantitative estimate of drug-likeness (QED) is 0.490. The Balaban J connectivity index is 1.61. The molecule has 1 heterocycles. The van der Waals surface area contributed by atoms with Crippen LogP contribution in [0.4, 0.5) is 27.7 Å². The Kier molecular flexibility index (Phi) is 6.51. The number of ether oxygens (including phenoxy) is 1.